The Bertz CT molecular complexity index is 858. The molecule has 9 heteroatoms. The number of sulfone groups is 1. The van der Waals surface area contributed by atoms with Gasteiger partial charge in [0.05, 0.1) is 0 Å². The quantitative estimate of drug-likeness (QED) is 0.736. The van der Waals surface area contributed by atoms with E-state index in [4.69, 9.17) is 0 Å². The Morgan fingerprint density at radius 3 is 2.74 bits per heavy atom. The average Bonchev–Trinajstić information content (AvgIpc) is 2.96. The fourth-order valence-electron chi connectivity index (χ4n) is 1.94. The summed E-state index contributed by atoms with van der Waals surface area (Å²) in [5.74, 6) is -0.732. The molecule has 0 atom stereocenters. The fraction of sp³-hybridized carbons (Fsp3) is 0.143. The Labute approximate surface area is 163 Å². The molecule has 0 spiro atoms. The minimum Gasteiger partial charge on any atom is -0.346 e. The first-order chi connectivity index (χ1) is 10.5. The van der Waals surface area contributed by atoms with Crippen molar-refractivity contribution in [2.24, 2.45) is 5.10 Å². The van der Waals surface area contributed by atoms with E-state index < -0.39 is 20.8 Å². The van der Waals surface area contributed by atoms with Gasteiger partial charge in [-0.15, -0.1) is 5.38 Å². The molecule has 6 nitrogen and oxygen atoms in total. The monoisotopic (exact) mass is 423 g/mol. The molecule has 1 aromatic heterocycles. The third-order valence-corrected chi connectivity index (χ3v) is 5.71. The SMILES string of the molecule is Cc1ccc(CNC(=O)C2=NNc3s[c-]cc3S2(=O)=O)cc1.[Y]. The predicted octanol–water partition coefficient (Wildman–Crippen LogP) is 1.68. The van der Waals surface area contributed by atoms with Crippen LogP contribution in [-0.2, 0) is 53.9 Å². The summed E-state index contributed by atoms with van der Waals surface area (Å²) in [6.45, 7) is 2.20. The molecule has 0 bridgehead atoms. The molecule has 0 aliphatic carbocycles. The van der Waals surface area contributed by atoms with Gasteiger partial charge in [0.25, 0.3) is 5.91 Å². The number of thiophene rings is 1. The van der Waals surface area contributed by atoms with Crippen molar-refractivity contribution in [3.8, 4) is 0 Å². The van der Waals surface area contributed by atoms with Crippen LogP contribution in [0.1, 0.15) is 11.1 Å². The van der Waals surface area contributed by atoms with Gasteiger partial charge in [-0.05, 0) is 22.4 Å². The van der Waals surface area contributed by atoms with Gasteiger partial charge < -0.3 is 10.7 Å². The van der Waals surface area contributed by atoms with Gasteiger partial charge in [0.15, 0.2) is 9.84 Å². The second-order valence-corrected chi connectivity index (χ2v) is 7.44. The van der Waals surface area contributed by atoms with Gasteiger partial charge in [0, 0.05) is 39.3 Å². The zero-order valence-electron chi connectivity index (χ0n) is 12.2. The number of hydrazone groups is 1. The van der Waals surface area contributed by atoms with E-state index in [1.54, 1.807) is 0 Å². The fourth-order valence-corrected chi connectivity index (χ4v) is 4.21. The van der Waals surface area contributed by atoms with E-state index in [0.717, 1.165) is 22.5 Å². The summed E-state index contributed by atoms with van der Waals surface area (Å²) in [4.78, 5) is 12.2. The minimum absolute atomic E-state index is 0. The van der Waals surface area contributed by atoms with E-state index in [1.807, 2.05) is 31.2 Å². The number of rotatable bonds is 3. The van der Waals surface area contributed by atoms with Crippen LogP contribution in [-0.4, -0.2) is 19.4 Å². The summed E-state index contributed by atoms with van der Waals surface area (Å²) < 4.78 is 24.6. The zero-order valence-corrected chi connectivity index (χ0v) is 16.6. The molecule has 1 radical (unpaired) electrons. The molecule has 2 N–H and O–H groups in total. The Hall–Kier alpha value is -1.09. The van der Waals surface area contributed by atoms with Gasteiger partial charge in [-0.3, -0.25) is 16.1 Å². The Morgan fingerprint density at radius 2 is 2.04 bits per heavy atom. The molecule has 1 aliphatic heterocycles. The summed E-state index contributed by atoms with van der Waals surface area (Å²) in [7, 11) is -3.90. The number of amides is 1. The molecule has 0 unspecified atom stereocenters. The maximum absolute atomic E-state index is 12.3. The van der Waals surface area contributed by atoms with Gasteiger partial charge in [-0.2, -0.15) is 11.2 Å². The van der Waals surface area contributed by atoms with Crippen LogP contribution in [0.5, 0.6) is 0 Å². The molecule has 23 heavy (non-hydrogen) atoms. The third-order valence-electron chi connectivity index (χ3n) is 3.15. The number of anilines is 1. The summed E-state index contributed by atoms with van der Waals surface area (Å²) in [5.41, 5.74) is 4.56. The van der Waals surface area contributed by atoms with E-state index in [0.29, 0.717) is 5.00 Å². The van der Waals surface area contributed by atoms with Crippen molar-refractivity contribution in [1.82, 2.24) is 5.32 Å². The number of nitrogens with one attached hydrogen (secondary N) is 2. The molecule has 1 aliphatic rings. The molecule has 117 valence electrons. The topological polar surface area (TPSA) is 87.6 Å². The van der Waals surface area contributed by atoms with Crippen molar-refractivity contribution in [3.63, 3.8) is 0 Å². The van der Waals surface area contributed by atoms with Crippen LogP contribution in [0.25, 0.3) is 0 Å². The molecule has 1 aromatic carbocycles. The second kappa shape index (κ2) is 7.21. The van der Waals surface area contributed by atoms with Gasteiger partial charge >= 0.3 is 0 Å². The molecule has 1 amide bonds. The molecule has 2 aromatic rings. The minimum atomic E-state index is -3.90. The number of nitrogens with zero attached hydrogens (tertiary/aromatic N) is 1. The Kier molecular flexibility index (Phi) is 5.72. The van der Waals surface area contributed by atoms with Crippen molar-refractivity contribution in [3.05, 3.63) is 46.8 Å². The van der Waals surface area contributed by atoms with E-state index in [9.17, 15) is 13.2 Å². The third kappa shape index (κ3) is 3.71. The maximum Gasteiger partial charge on any atom is 0.282 e. The van der Waals surface area contributed by atoms with Crippen LogP contribution in [0.4, 0.5) is 5.00 Å². The first-order valence-corrected chi connectivity index (χ1v) is 8.71. The first-order valence-electron chi connectivity index (χ1n) is 6.41. The summed E-state index contributed by atoms with van der Waals surface area (Å²) >= 11 is 1.10. The molecular formula is C14H12N3O3S2Y-. The van der Waals surface area contributed by atoms with Crippen LogP contribution in [0.3, 0.4) is 0 Å². The van der Waals surface area contributed by atoms with Crippen LogP contribution in [0, 0.1) is 12.3 Å². The zero-order chi connectivity index (χ0) is 15.7. The van der Waals surface area contributed by atoms with Gasteiger partial charge in [-0.1, -0.05) is 29.8 Å². The van der Waals surface area contributed by atoms with Gasteiger partial charge in [0.2, 0.25) is 5.04 Å². The molecule has 3 rings (SSSR count). The first kappa shape index (κ1) is 18.3. The number of carbonyl (C=O) groups is 1. The van der Waals surface area contributed by atoms with Crippen LogP contribution in [0.15, 0.2) is 40.3 Å². The summed E-state index contributed by atoms with van der Waals surface area (Å²) in [6.07, 6.45) is 0. The van der Waals surface area contributed by atoms with Crippen LogP contribution in [0.2, 0.25) is 0 Å². The smallest absolute Gasteiger partial charge is 0.282 e. The molecular weight excluding hydrogens is 411 g/mol. The molecule has 2 heterocycles. The van der Waals surface area contributed by atoms with Crippen molar-refractivity contribution < 1.29 is 45.9 Å². The van der Waals surface area contributed by atoms with E-state index in [2.05, 4.69) is 21.2 Å². The molecule has 0 saturated carbocycles. The Morgan fingerprint density at radius 1 is 1.35 bits per heavy atom. The van der Waals surface area contributed by atoms with E-state index >= 15 is 0 Å². The van der Waals surface area contributed by atoms with Gasteiger partial charge in [-0.25, -0.2) is 8.42 Å². The number of fused-ring (bicyclic) bond motifs is 1. The normalized spacial score (nSPS) is 14.7. The number of carbonyl (C=O) groups excluding carboxylic acids is 1. The number of hydrogen-bond acceptors (Lipinski definition) is 6. The second-order valence-electron chi connectivity index (χ2n) is 4.76. The van der Waals surface area contributed by atoms with Crippen molar-refractivity contribution in [2.45, 2.75) is 18.4 Å². The van der Waals surface area contributed by atoms with Crippen molar-refractivity contribution in [2.75, 3.05) is 5.43 Å². The number of benzene rings is 1. The van der Waals surface area contributed by atoms with Crippen molar-refractivity contribution in [1.29, 1.82) is 0 Å². The molecule has 0 fully saturated rings. The standard InChI is InChI=1S/C14H12N3O3S2.Y/c1-9-2-4-10(5-3-9)8-15-12(18)14-17-16-13-11(6-7-21-13)22(14,19)20;/h2-6,16H,8H2,1H3,(H,15,18);/q-1;. The largest absolute Gasteiger partial charge is 0.346 e. The summed E-state index contributed by atoms with van der Waals surface area (Å²) in [6, 6.07) is 8.93. The van der Waals surface area contributed by atoms with Gasteiger partial charge in [0.1, 0.15) is 0 Å². The summed E-state index contributed by atoms with van der Waals surface area (Å²) in [5, 5.41) is 8.81. The average molecular weight is 423 g/mol. The van der Waals surface area contributed by atoms with Crippen LogP contribution >= 0.6 is 11.3 Å². The predicted molar refractivity (Wildman–Crippen MR) is 84.4 cm³/mol. The number of hydrogen-bond donors (Lipinski definition) is 2. The van der Waals surface area contributed by atoms with Crippen molar-refractivity contribution >= 4 is 37.1 Å². The Balaban J connectivity index is 0.00000192. The van der Waals surface area contributed by atoms with E-state index in [-0.39, 0.29) is 44.1 Å². The maximum atomic E-state index is 12.3. The van der Waals surface area contributed by atoms with E-state index in [1.165, 1.54) is 6.07 Å². The van der Waals surface area contributed by atoms with Crippen LogP contribution < -0.4 is 10.7 Å². The molecule has 0 saturated heterocycles. The number of aryl methyl sites for hydroxylation is 1.